The van der Waals surface area contributed by atoms with Crippen molar-refractivity contribution in [3.63, 3.8) is 0 Å². The Balaban J connectivity index is 2.09. The molecule has 0 aliphatic carbocycles. The summed E-state index contributed by atoms with van der Waals surface area (Å²) < 4.78 is 11.1. The predicted octanol–water partition coefficient (Wildman–Crippen LogP) is 4.10. The van der Waals surface area contributed by atoms with Crippen molar-refractivity contribution in [2.45, 2.75) is 26.3 Å². The van der Waals surface area contributed by atoms with Crippen LogP contribution in [0.15, 0.2) is 54.1 Å². The lowest BCUT2D eigenvalue weighted by Crippen LogP contribution is -2.23. The molecule has 0 radical (unpaired) electrons. The molecule has 2 rings (SSSR count). The van der Waals surface area contributed by atoms with Crippen molar-refractivity contribution in [2.24, 2.45) is 0 Å². The van der Waals surface area contributed by atoms with Gasteiger partial charge in [0.25, 0.3) is 5.91 Å². The van der Waals surface area contributed by atoms with E-state index in [-0.39, 0.29) is 5.57 Å². The molecule has 2 aromatic rings. The summed E-state index contributed by atoms with van der Waals surface area (Å²) in [5.41, 5.74) is 1.70. The summed E-state index contributed by atoms with van der Waals surface area (Å²) >= 11 is 0. The van der Waals surface area contributed by atoms with Crippen molar-refractivity contribution in [2.75, 3.05) is 13.7 Å². The second kappa shape index (κ2) is 10.7. The Labute approximate surface area is 160 Å². The second-order valence-electron chi connectivity index (χ2n) is 5.95. The molecule has 27 heavy (non-hydrogen) atoms. The molecule has 0 fully saturated rings. The first-order valence-electron chi connectivity index (χ1n) is 8.92. The topological polar surface area (TPSA) is 71.3 Å². The fourth-order valence-corrected chi connectivity index (χ4v) is 2.41. The number of nitrogens with one attached hydrogen (secondary N) is 1. The minimum Gasteiger partial charge on any atom is -0.493 e. The molecule has 1 N–H and O–H groups in total. The molecule has 0 aromatic heterocycles. The Bertz CT molecular complexity index is 823. The summed E-state index contributed by atoms with van der Waals surface area (Å²) in [7, 11) is 1.56. The molecule has 5 heteroatoms. The number of carbonyl (C=O) groups is 1. The van der Waals surface area contributed by atoms with Gasteiger partial charge in [0.2, 0.25) is 0 Å². The first-order valence-corrected chi connectivity index (χ1v) is 8.92. The van der Waals surface area contributed by atoms with Gasteiger partial charge in [-0.05, 0) is 35.8 Å². The molecular weight excluding hydrogens is 340 g/mol. The van der Waals surface area contributed by atoms with Crippen molar-refractivity contribution in [1.82, 2.24) is 5.32 Å². The van der Waals surface area contributed by atoms with Crippen LogP contribution in [0, 0.1) is 11.3 Å². The average molecular weight is 364 g/mol. The number of carbonyl (C=O) groups excluding carboxylic acids is 1. The van der Waals surface area contributed by atoms with Crippen LogP contribution in [0.5, 0.6) is 11.5 Å². The number of nitriles is 1. The number of amides is 1. The highest BCUT2D eigenvalue weighted by molar-refractivity contribution is 6.01. The Morgan fingerprint density at radius 1 is 1.19 bits per heavy atom. The van der Waals surface area contributed by atoms with Gasteiger partial charge in [-0.25, -0.2) is 0 Å². The van der Waals surface area contributed by atoms with Crippen molar-refractivity contribution in [3.8, 4) is 17.6 Å². The third-order valence-electron chi connectivity index (χ3n) is 3.92. The van der Waals surface area contributed by atoms with E-state index in [1.54, 1.807) is 31.4 Å². The lowest BCUT2D eigenvalue weighted by atomic mass is 10.1. The van der Waals surface area contributed by atoms with Gasteiger partial charge in [0.1, 0.15) is 11.6 Å². The van der Waals surface area contributed by atoms with E-state index in [0.29, 0.717) is 30.2 Å². The summed E-state index contributed by atoms with van der Waals surface area (Å²) in [6.07, 6.45) is 3.55. The highest BCUT2D eigenvalue weighted by Gasteiger charge is 2.10. The number of benzene rings is 2. The number of ether oxygens (including phenoxy) is 2. The molecule has 0 aliphatic rings. The molecule has 0 saturated carbocycles. The lowest BCUT2D eigenvalue weighted by Gasteiger charge is -2.11. The average Bonchev–Trinajstić information content (AvgIpc) is 2.71. The van der Waals surface area contributed by atoms with Crippen molar-refractivity contribution in [3.05, 3.63) is 65.2 Å². The van der Waals surface area contributed by atoms with Crippen molar-refractivity contribution >= 4 is 12.0 Å². The quantitative estimate of drug-likeness (QED) is 0.413. The lowest BCUT2D eigenvalue weighted by molar-refractivity contribution is -0.117. The van der Waals surface area contributed by atoms with Crippen LogP contribution in [0.1, 0.15) is 30.9 Å². The van der Waals surface area contributed by atoms with Crippen molar-refractivity contribution in [1.29, 1.82) is 5.26 Å². The van der Waals surface area contributed by atoms with Crippen LogP contribution >= 0.6 is 0 Å². The van der Waals surface area contributed by atoms with E-state index in [1.165, 1.54) is 0 Å². The minimum absolute atomic E-state index is 0.0348. The Morgan fingerprint density at radius 3 is 2.63 bits per heavy atom. The molecule has 2 aromatic carbocycles. The van der Waals surface area contributed by atoms with E-state index in [0.717, 1.165) is 18.4 Å². The molecule has 0 bridgehead atoms. The highest BCUT2D eigenvalue weighted by atomic mass is 16.5. The summed E-state index contributed by atoms with van der Waals surface area (Å²) in [6, 6.07) is 16.8. The number of rotatable bonds is 9. The SMILES string of the molecule is CCCCOc1ccc(/C=C(\C#N)C(=O)NCc2ccccc2)cc1OC. The zero-order valence-electron chi connectivity index (χ0n) is 15.7. The van der Waals surface area contributed by atoms with E-state index in [4.69, 9.17) is 9.47 Å². The van der Waals surface area contributed by atoms with Crippen LogP contribution in [-0.4, -0.2) is 19.6 Å². The van der Waals surface area contributed by atoms with Crippen LogP contribution in [0.25, 0.3) is 6.08 Å². The zero-order chi connectivity index (χ0) is 19.5. The molecule has 0 unspecified atom stereocenters. The second-order valence-corrected chi connectivity index (χ2v) is 5.95. The predicted molar refractivity (Wildman–Crippen MR) is 105 cm³/mol. The third-order valence-corrected chi connectivity index (χ3v) is 3.92. The van der Waals surface area contributed by atoms with Crippen molar-refractivity contribution < 1.29 is 14.3 Å². The molecule has 0 heterocycles. The summed E-state index contributed by atoms with van der Waals surface area (Å²) in [4.78, 5) is 12.3. The van der Waals surface area contributed by atoms with E-state index in [2.05, 4.69) is 12.2 Å². The van der Waals surface area contributed by atoms with E-state index in [1.807, 2.05) is 36.4 Å². The third kappa shape index (κ3) is 6.19. The normalized spacial score (nSPS) is 10.8. The van der Waals surface area contributed by atoms with Crippen LogP contribution in [-0.2, 0) is 11.3 Å². The van der Waals surface area contributed by atoms with Gasteiger partial charge in [0, 0.05) is 6.54 Å². The molecule has 140 valence electrons. The molecule has 1 amide bonds. The summed E-state index contributed by atoms with van der Waals surface area (Å²) in [5.74, 6) is 0.806. The highest BCUT2D eigenvalue weighted by Crippen LogP contribution is 2.29. The Hall–Kier alpha value is -3.26. The molecular formula is C22H24N2O3. The maximum absolute atomic E-state index is 12.3. The van der Waals surface area contributed by atoms with Crippen LogP contribution in [0.2, 0.25) is 0 Å². The van der Waals surface area contributed by atoms with Crippen LogP contribution in [0.4, 0.5) is 0 Å². The molecule has 0 saturated heterocycles. The van der Waals surface area contributed by atoms with E-state index in [9.17, 15) is 10.1 Å². The van der Waals surface area contributed by atoms with Gasteiger partial charge in [-0.2, -0.15) is 5.26 Å². The van der Waals surface area contributed by atoms with E-state index >= 15 is 0 Å². The first kappa shape index (κ1) is 20.1. The first-order chi connectivity index (χ1) is 13.2. The fourth-order valence-electron chi connectivity index (χ4n) is 2.41. The Morgan fingerprint density at radius 2 is 1.96 bits per heavy atom. The maximum atomic E-state index is 12.3. The fraction of sp³-hybridized carbons (Fsp3) is 0.273. The Kier molecular flexibility index (Phi) is 7.92. The van der Waals surface area contributed by atoms with Crippen LogP contribution < -0.4 is 14.8 Å². The number of methoxy groups -OCH3 is 1. The minimum atomic E-state index is -0.413. The van der Waals surface area contributed by atoms with Gasteiger partial charge in [0.15, 0.2) is 11.5 Å². The standard InChI is InChI=1S/C22H24N2O3/c1-3-4-12-27-20-11-10-18(14-21(20)26-2)13-19(15-23)22(25)24-16-17-8-6-5-7-9-17/h5-11,13-14H,3-4,12,16H2,1-2H3,(H,24,25)/b19-13+. The van der Waals surface area contributed by atoms with Gasteiger partial charge in [0.05, 0.1) is 13.7 Å². The largest absolute Gasteiger partial charge is 0.493 e. The molecule has 0 atom stereocenters. The molecule has 0 spiro atoms. The molecule has 0 aliphatic heterocycles. The van der Waals surface area contributed by atoms with Gasteiger partial charge in [-0.15, -0.1) is 0 Å². The number of hydrogen-bond donors (Lipinski definition) is 1. The maximum Gasteiger partial charge on any atom is 0.262 e. The molecule has 5 nitrogen and oxygen atoms in total. The van der Waals surface area contributed by atoms with Crippen LogP contribution in [0.3, 0.4) is 0 Å². The number of hydrogen-bond acceptors (Lipinski definition) is 4. The van der Waals surface area contributed by atoms with Gasteiger partial charge >= 0.3 is 0 Å². The summed E-state index contributed by atoms with van der Waals surface area (Å²) in [5, 5.41) is 12.1. The van der Waals surface area contributed by atoms with E-state index < -0.39 is 5.91 Å². The summed E-state index contributed by atoms with van der Waals surface area (Å²) in [6.45, 7) is 3.08. The zero-order valence-corrected chi connectivity index (χ0v) is 15.7. The number of nitrogens with zero attached hydrogens (tertiary/aromatic N) is 1. The smallest absolute Gasteiger partial charge is 0.262 e. The van der Waals surface area contributed by atoms with Gasteiger partial charge in [-0.1, -0.05) is 49.7 Å². The van der Waals surface area contributed by atoms with Gasteiger partial charge < -0.3 is 14.8 Å². The number of unbranched alkanes of at least 4 members (excludes halogenated alkanes) is 1. The van der Waals surface area contributed by atoms with Gasteiger partial charge in [-0.3, -0.25) is 4.79 Å². The monoisotopic (exact) mass is 364 g/mol.